The minimum atomic E-state index is -3.55. The van der Waals surface area contributed by atoms with Gasteiger partial charge in [0, 0.05) is 20.6 Å². The van der Waals surface area contributed by atoms with Crippen molar-refractivity contribution in [2.24, 2.45) is 0 Å². The summed E-state index contributed by atoms with van der Waals surface area (Å²) in [6.07, 6.45) is 0.863. The van der Waals surface area contributed by atoms with Crippen molar-refractivity contribution in [1.29, 1.82) is 0 Å². The minimum absolute atomic E-state index is 0.0111. The molecule has 2 aromatic carbocycles. The van der Waals surface area contributed by atoms with Crippen LogP contribution in [0.4, 0.5) is 0 Å². The van der Waals surface area contributed by atoms with Gasteiger partial charge in [0.15, 0.2) is 0 Å². The molecule has 0 saturated carbocycles. The van der Waals surface area contributed by atoms with Gasteiger partial charge in [0.2, 0.25) is 10.0 Å². The molecule has 0 spiro atoms. The molecule has 3 rings (SSSR count). The molecule has 8 heteroatoms. The van der Waals surface area contributed by atoms with Gasteiger partial charge in [-0.3, -0.25) is 0 Å². The average Bonchev–Trinajstić information content (AvgIpc) is 3.03. The molecule has 1 heterocycles. The Morgan fingerprint density at radius 3 is 2.59 bits per heavy atom. The van der Waals surface area contributed by atoms with Crippen LogP contribution in [0.25, 0.3) is 11.0 Å². The van der Waals surface area contributed by atoms with E-state index in [-0.39, 0.29) is 11.5 Å². The van der Waals surface area contributed by atoms with E-state index < -0.39 is 16.0 Å². The Morgan fingerprint density at radius 2 is 1.93 bits per heavy atom. The van der Waals surface area contributed by atoms with E-state index in [4.69, 9.17) is 4.74 Å². The van der Waals surface area contributed by atoms with Crippen molar-refractivity contribution in [2.45, 2.75) is 38.3 Å². The van der Waals surface area contributed by atoms with Crippen molar-refractivity contribution in [1.82, 2.24) is 13.9 Å². The van der Waals surface area contributed by atoms with Gasteiger partial charge in [-0.15, -0.1) is 0 Å². The summed E-state index contributed by atoms with van der Waals surface area (Å²) in [4.78, 5) is 17.1. The zero-order valence-corrected chi connectivity index (χ0v) is 17.9. The fourth-order valence-corrected chi connectivity index (χ4v) is 4.02. The summed E-state index contributed by atoms with van der Waals surface area (Å²) in [5.41, 5.74) is 2.84. The predicted octanol–water partition coefficient (Wildman–Crippen LogP) is 3.36. The van der Waals surface area contributed by atoms with Crippen molar-refractivity contribution in [3.05, 3.63) is 59.4 Å². The number of carbonyl (C=O) groups excluding carboxylic acids is 1. The second-order valence-electron chi connectivity index (χ2n) is 7.06. The zero-order valence-electron chi connectivity index (χ0n) is 17.0. The highest BCUT2D eigenvalue weighted by molar-refractivity contribution is 7.89. The second kappa shape index (κ2) is 8.34. The molecule has 0 amide bonds. The van der Waals surface area contributed by atoms with Crippen LogP contribution in [0.15, 0.2) is 47.4 Å². The molecule has 3 aromatic rings. The number of hydrogen-bond donors (Lipinski definition) is 0. The molecule has 7 nitrogen and oxygen atoms in total. The quantitative estimate of drug-likeness (QED) is 0.553. The van der Waals surface area contributed by atoms with Gasteiger partial charge in [-0.25, -0.2) is 22.5 Å². The lowest BCUT2D eigenvalue weighted by molar-refractivity contribution is 0.0458. The number of rotatable bonds is 7. The van der Waals surface area contributed by atoms with Gasteiger partial charge in [-0.05, 0) is 43.7 Å². The molecule has 0 N–H and O–H groups in total. The summed E-state index contributed by atoms with van der Waals surface area (Å²) in [6, 6.07) is 12.1. The fraction of sp³-hybridized carbons (Fsp3) is 0.333. The summed E-state index contributed by atoms with van der Waals surface area (Å²) in [5, 5.41) is 0. The van der Waals surface area contributed by atoms with Gasteiger partial charge in [-0.2, -0.15) is 0 Å². The van der Waals surface area contributed by atoms with Crippen LogP contribution in [0.2, 0.25) is 0 Å². The summed E-state index contributed by atoms with van der Waals surface area (Å²) in [7, 11) is -0.568. The predicted molar refractivity (Wildman–Crippen MR) is 111 cm³/mol. The third kappa shape index (κ3) is 4.33. The van der Waals surface area contributed by atoms with Crippen molar-refractivity contribution in [2.75, 3.05) is 14.1 Å². The maximum atomic E-state index is 12.4. The number of ether oxygens (including phenoxy) is 1. The van der Waals surface area contributed by atoms with Gasteiger partial charge in [0.05, 0.1) is 21.5 Å². The van der Waals surface area contributed by atoms with Crippen LogP contribution in [0, 0.1) is 6.92 Å². The van der Waals surface area contributed by atoms with E-state index in [0.29, 0.717) is 23.4 Å². The van der Waals surface area contributed by atoms with E-state index in [0.717, 1.165) is 17.5 Å². The van der Waals surface area contributed by atoms with Crippen LogP contribution < -0.4 is 0 Å². The summed E-state index contributed by atoms with van der Waals surface area (Å²) in [5.74, 6) is 0.168. The summed E-state index contributed by atoms with van der Waals surface area (Å²) >= 11 is 0. The second-order valence-corrected chi connectivity index (χ2v) is 9.22. The van der Waals surface area contributed by atoms with Gasteiger partial charge in [0.25, 0.3) is 0 Å². The molecule has 1 aromatic heterocycles. The Hall–Kier alpha value is -2.71. The van der Waals surface area contributed by atoms with Crippen LogP contribution >= 0.6 is 0 Å². The average molecular weight is 416 g/mol. The number of benzene rings is 2. The molecule has 29 heavy (non-hydrogen) atoms. The first kappa shape index (κ1) is 21.0. The Bertz CT molecular complexity index is 1150. The number of sulfonamides is 1. The molecular weight excluding hydrogens is 390 g/mol. The lowest BCUT2D eigenvalue weighted by Gasteiger charge is -2.11. The number of aromatic nitrogens is 2. The third-order valence-corrected chi connectivity index (χ3v) is 6.42. The number of imidazole rings is 1. The van der Waals surface area contributed by atoms with E-state index in [2.05, 4.69) is 4.98 Å². The van der Waals surface area contributed by atoms with Crippen LogP contribution in [-0.4, -0.2) is 42.3 Å². The molecule has 0 atom stereocenters. The topological polar surface area (TPSA) is 81.5 Å². The first-order chi connectivity index (χ1) is 13.7. The van der Waals surface area contributed by atoms with E-state index in [1.165, 1.54) is 18.4 Å². The van der Waals surface area contributed by atoms with Crippen LogP contribution in [0.3, 0.4) is 0 Å². The lowest BCUT2D eigenvalue weighted by atomic mass is 10.1. The molecule has 154 valence electrons. The molecule has 0 radical (unpaired) electrons. The molecule has 0 aliphatic rings. The highest BCUT2D eigenvalue weighted by Gasteiger charge is 2.20. The van der Waals surface area contributed by atoms with Crippen molar-refractivity contribution in [3.63, 3.8) is 0 Å². The number of fused-ring (bicyclic) bond motifs is 1. The van der Waals surface area contributed by atoms with Crippen molar-refractivity contribution >= 4 is 27.0 Å². The van der Waals surface area contributed by atoms with Crippen molar-refractivity contribution in [3.8, 4) is 0 Å². The normalized spacial score (nSPS) is 11.9. The SMILES string of the molecule is CCCn1c(COC(=O)c2cccc(C)c2)nc2cc(S(=O)(=O)N(C)C)ccc21. The first-order valence-electron chi connectivity index (χ1n) is 9.39. The lowest BCUT2D eigenvalue weighted by Crippen LogP contribution is -2.22. The smallest absolute Gasteiger partial charge is 0.338 e. The van der Waals surface area contributed by atoms with Crippen LogP contribution in [0.1, 0.15) is 35.1 Å². The van der Waals surface area contributed by atoms with Crippen LogP contribution in [0.5, 0.6) is 0 Å². The standard InChI is InChI=1S/C21H25N3O4S/c1-5-11-24-19-10-9-17(29(26,27)23(3)4)13-18(19)22-20(24)14-28-21(25)16-8-6-7-15(2)12-16/h6-10,12-13H,5,11,14H2,1-4H3. The maximum Gasteiger partial charge on any atom is 0.338 e. The van der Waals surface area contributed by atoms with Crippen LogP contribution in [-0.2, 0) is 27.9 Å². The first-order valence-corrected chi connectivity index (χ1v) is 10.8. The van der Waals surface area contributed by atoms with Crippen molar-refractivity contribution < 1.29 is 17.9 Å². The highest BCUT2D eigenvalue weighted by atomic mass is 32.2. The Labute approximate surface area is 171 Å². The van der Waals surface area contributed by atoms with E-state index in [1.807, 2.05) is 30.5 Å². The number of hydrogen-bond acceptors (Lipinski definition) is 5. The summed E-state index contributed by atoms with van der Waals surface area (Å²) < 4.78 is 33.4. The highest BCUT2D eigenvalue weighted by Crippen LogP contribution is 2.23. The Balaban J connectivity index is 1.92. The molecule has 0 saturated heterocycles. The Kier molecular flexibility index (Phi) is 6.04. The van der Waals surface area contributed by atoms with E-state index in [9.17, 15) is 13.2 Å². The van der Waals surface area contributed by atoms with E-state index in [1.54, 1.807) is 30.3 Å². The van der Waals surface area contributed by atoms with Gasteiger partial charge < -0.3 is 9.30 Å². The van der Waals surface area contributed by atoms with Gasteiger partial charge >= 0.3 is 5.97 Å². The third-order valence-electron chi connectivity index (χ3n) is 4.61. The molecule has 0 unspecified atom stereocenters. The number of carbonyl (C=O) groups is 1. The largest absolute Gasteiger partial charge is 0.454 e. The van der Waals surface area contributed by atoms with E-state index >= 15 is 0 Å². The number of aryl methyl sites for hydroxylation is 2. The number of esters is 1. The fourth-order valence-electron chi connectivity index (χ4n) is 3.10. The van der Waals surface area contributed by atoms with Gasteiger partial charge in [0.1, 0.15) is 12.4 Å². The molecule has 0 fully saturated rings. The monoisotopic (exact) mass is 415 g/mol. The summed E-state index contributed by atoms with van der Waals surface area (Å²) in [6.45, 7) is 4.65. The zero-order chi connectivity index (χ0) is 21.2. The van der Waals surface area contributed by atoms with Gasteiger partial charge in [-0.1, -0.05) is 24.6 Å². The maximum absolute atomic E-state index is 12.4. The molecule has 0 bridgehead atoms. The molecule has 0 aliphatic carbocycles. The molecular formula is C21H25N3O4S. The number of nitrogens with zero attached hydrogens (tertiary/aromatic N) is 3. The molecule has 0 aliphatic heterocycles. The minimum Gasteiger partial charge on any atom is -0.454 e. The Morgan fingerprint density at radius 1 is 1.17 bits per heavy atom.